The molecule has 2 aromatic carbocycles. The Balaban J connectivity index is 1.93. The van der Waals surface area contributed by atoms with Gasteiger partial charge in [0.1, 0.15) is 12.4 Å². The highest BCUT2D eigenvalue weighted by Gasteiger charge is 1.95. The Morgan fingerprint density at radius 2 is 1.71 bits per heavy atom. The van der Waals surface area contributed by atoms with E-state index in [2.05, 4.69) is 5.32 Å². The molecule has 0 aromatic heterocycles. The smallest absolute Gasteiger partial charge is 0.119 e. The summed E-state index contributed by atoms with van der Waals surface area (Å²) in [5, 5.41) is 2.94. The van der Waals surface area contributed by atoms with Gasteiger partial charge in [-0.25, -0.2) is 0 Å². The van der Waals surface area contributed by atoms with Crippen LogP contribution in [0.2, 0.25) is 0 Å². The van der Waals surface area contributed by atoms with Gasteiger partial charge in [-0.2, -0.15) is 0 Å². The van der Waals surface area contributed by atoms with Crippen LogP contribution < -0.4 is 10.1 Å². The molecule has 1 N–H and O–H groups in total. The Hall–Kier alpha value is -1.87. The largest absolute Gasteiger partial charge is 0.489 e. The lowest BCUT2D eigenvalue weighted by Crippen LogP contribution is -1.95. The fraction of sp³-hybridized carbons (Fsp3) is 0.0714. The molecule has 0 bridgehead atoms. The van der Waals surface area contributed by atoms with Crippen molar-refractivity contribution in [3.63, 3.8) is 0 Å². The molecular formula is C14H13NOS. The third-order valence-corrected chi connectivity index (χ3v) is 2.45. The highest BCUT2D eigenvalue weighted by Crippen LogP contribution is 2.16. The first kappa shape index (κ1) is 11.6. The average molecular weight is 243 g/mol. The molecular weight excluding hydrogens is 230 g/mol. The Morgan fingerprint density at radius 1 is 1.00 bits per heavy atom. The molecule has 2 aromatic rings. The summed E-state index contributed by atoms with van der Waals surface area (Å²) in [5.74, 6) is 0.851. The summed E-state index contributed by atoms with van der Waals surface area (Å²) in [6.07, 6.45) is 0. The second-order valence-electron chi connectivity index (χ2n) is 3.56. The number of ether oxygens (including phenoxy) is 1. The zero-order valence-corrected chi connectivity index (χ0v) is 10.1. The summed E-state index contributed by atoms with van der Waals surface area (Å²) in [4.78, 5) is 0. The van der Waals surface area contributed by atoms with Crippen molar-refractivity contribution in [1.29, 1.82) is 0 Å². The fourth-order valence-electron chi connectivity index (χ4n) is 1.46. The first-order valence-corrected chi connectivity index (χ1v) is 5.82. The maximum atomic E-state index is 5.66. The number of anilines is 1. The lowest BCUT2D eigenvalue weighted by molar-refractivity contribution is 0.306. The van der Waals surface area contributed by atoms with Crippen LogP contribution >= 0.6 is 12.2 Å². The van der Waals surface area contributed by atoms with E-state index in [1.165, 1.54) is 5.49 Å². The van der Waals surface area contributed by atoms with E-state index in [-0.39, 0.29) is 0 Å². The van der Waals surface area contributed by atoms with Crippen molar-refractivity contribution >= 4 is 23.4 Å². The van der Waals surface area contributed by atoms with Crippen molar-refractivity contribution in [2.24, 2.45) is 0 Å². The average Bonchev–Trinajstić information content (AvgIpc) is 2.40. The van der Waals surface area contributed by atoms with Crippen LogP contribution in [0.5, 0.6) is 5.75 Å². The van der Waals surface area contributed by atoms with Gasteiger partial charge in [-0.3, -0.25) is 0 Å². The zero-order valence-electron chi connectivity index (χ0n) is 9.30. The van der Waals surface area contributed by atoms with Crippen molar-refractivity contribution < 1.29 is 4.74 Å². The van der Waals surface area contributed by atoms with Gasteiger partial charge in [0, 0.05) is 5.69 Å². The first-order chi connectivity index (χ1) is 8.38. The van der Waals surface area contributed by atoms with Crippen LogP contribution in [0.15, 0.2) is 54.6 Å². The third kappa shape index (κ3) is 3.57. The number of thiocarbonyl (C=S) groups is 1. The maximum absolute atomic E-state index is 5.66. The molecule has 0 aliphatic rings. The van der Waals surface area contributed by atoms with E-state index in [0.717, 1.165) is 17.0 Å². The number of benzene rings is 2. The molecule has 3 heteroatoms. The highest BCUT2D eigenvalue weighted by molar-refractivity contribution is 7.79. The van der Waals surface area contributed by atoms with Crippen molar-refractivity contribution in [1.82, 2.24) is 0 Å². The molecule has 0 atom stereocenters. The number of hydrogen-bond donors (Lipinski definition) is 1. The maximum Gasteiger partial charge on any atom is 0.119 e. The molecule has 86 valence electrons. The fourth-order valence-corrected chi connectivity index (χ4v) is 1.59. The van der Waals surface area contributed by atoms with Gasteiger partial charge in [0.05, 0.1) is 5.49 Å². The number of rotatable bonds is 5. The predicted octanol–water partition coefficient (Wildman–Crippen LogP) is 3.63. The van der Waals surface area contributed by atoms with Crippen LogP contribution in [0.25, 0.3) is 0 Å². The molecule has 0 radical (unpaired) electrons. The molecule has 0 fully saturated rings. The minimum absolute atomic E-state index is 0.584. The Labute approximate surface area is 106 Å². The quantitative estimate of drug-likeness (QED) is 0.810. The zero-order chi connectivity index (χ0) is 11.9. The van der Waals surface area contributed by atoms with E-state index in [1.807, 2.05) is 54.6 Å². The van der Waals surface area contributed by atoms with E-state index >= 15 is 0 Å². The number of nitrogens with one attached hydrogen (secondary N) is 1. The minimum Gasteiger partial charge on any atom is -0.489 e. The van der Waals surface area contributed by atoms with Crippen LogP contribution in [0.3, 0.4) is 0 Å². The van der Waals surface area contributed by atoms with Crippen LogP contribution in [-0.4, -0.2) is 5.49 Å². The van der Waals surface area contributed by atoms with Gasteiger partial charge in [0.15, 0.2) is 0 Å². The van der Waals surface area contributed by atoms with Gasteiger partial charge in [-0.15, -0.1) is 0 Å². The summed E-state index contributed by atoms with van der Waals surface area (Å²) in [6, 6.07) is 17.8. The molecule has 0 heterocycles. The van der Waals surface area contributed by atoms with E-state index in [0.29, 0.717) is 6.61 Å². The van der Waals surface area contributed by atoms with Crippen LogP contribution in [0, 0.1) is 0 Å². The van der Waals surface area contributed by atoms with Gasteiger partial charge >= 0.3 is 0 Å². The van der Waals surface area contributed by atoms with E-state index < -0.39 is 0 Å². The van der Waals surface area contributed by atoms with Gasteiger partial charge in [0.25, 0.3) is 0 Å². The summed E-state index contributed by atoms with van der Waals surface area (Å²) in [6.45, 7) is 0.584. The molecule has 0 saturated carbocycles. The van der Waals surface area contributed by atoms with Crippen molar-refractivity contribution in [3.8, 4) is 5.75 Å². The van der Waals surface area contributed by atoms with Crippen LogP contribution in [0.1, 0.15) is 5.56 Å². The molecule has 0 amide bonds. The second kappa shape index (κ2) is 6.01. The van der Waals surface area contributed by atoms with Gasteiger partial charge in [-0.05, 0) is 29.8 Å². The van der Waals surface area contributed by atoms with E-state index in [9.17, 15) is 0 Å². The lowest BCUT2D eigenvalue weighted by atomic mass is 10.2. The van der Waals surface area contributed by atoms with E-state index in [1.54, 1.807) is 0 Å². The molecule has 2 nitrogen and oxygen atoms in total. The van der Waals surface area contributed by atoms with Gasteiger partial charge in [-0.1, -0.05) is 42.5 Å². The summed E-state index contributed by atoms with van der Waals surface area (Å²) < 4.78 is 5.66. The molecule has 0 saturated heterocycles. The SMILES string of the molecule is S=CNc1ccc(OCc2ccccc2)cc1. The van der Waals surface area contributed by atoms with Crippen molar-refractivity contribution in [3.05, 3.63) is 60.2 Å². The van der Waals surface area contributed by atoms with Crippen molar-refractivity contribution in [2.75, 3.05) is 5.32 Å². The molecule has 0 aliphatic heterocycles. The third-order valence-electron chi connectivity index (χ3n) is 2.33. The summed E-state index contributed by atoms with van der Waals surface area (Å²) >= 11 is 4.71. The van der Waals surface area contributed by atoms with Gasteiger partial charge in [0.2, 0.25) is 0 Å². The first-order valence-electron chi connectivity index (χ1n) is 5.35. The summed E-state index contributed by atoms with van der Waals surface area (Å²) in [7, 11) is 0. The van der Waals surface area contributed by atoms with Crippen LogP contribution in [-0.2, 0) is 6.61 Å². The minimum atomic E-state index is 0.584. The Kier molecular flexibility index (Phi) is 4.11. The lowest BCUT2D eigenvalue weighted by Gasteiger charge is -2.07. The molecule has 17 heavy (non-hydrogen) atoms. The highest BCUT2D eigenvalue weighted by atomic mass is 32.1. The van der Waals surface area contributed by atoms with E-state index in [4.69, 9.17) is 17.0 Å². The summed E-state index contributed by atoms with van der Waals surface area (Å²) in [5.41, 5.74) is 3.61. The topological polar surface area (TPSA) is 21.3 Å². The molecule has 0 spiro atoms. The second-order valence-corrected chi connectivity index (χ2v) is 3.80. The normalized spacial score (nSPS) is 9.65. The number of hydrogen-bond acceptors (Lipinski definition) is 2. The van der Waals surface area contributed by atoms with Gasteiger partial charge < -0.3 is 10.1 Å². The molecule has 2 rings (SSSR count). The standard InChI is InChI=1S/C14H13NOS/c17-11-15-13-6-8-14(9-7-13)16-10-12-4-2-1-3-5-12/h1-9,11H,10H2,(H,15,17). The van der Waals surface area contributed by atoms with Crippen molar-refractivity contribution in [2.45, 2.75) is 6.61 Å². The predicted molar refractivity (Wildman–Crippen MR) is 74.5 cm³/mol. The molecule has 0 aliphatic carbocycles. The Bertz CT molecular complexity index is 467. The Morgan fingerprint density at radius 3 is 2.35 bits per heavy atom. The van der Waals surface area contributed by atoms with Crippen LogP contribution in [0.4, 0.5) is 5.69 Å². The molecule has 0 unspecified atom stereocenters. The monoisotopic (exact) mass is 243 g/mol.